The smallest absolute Gasteiger partial charge is 0.227 e. The highest BCUT2D eigenvalue weighted by Crippen LogP contribution is 2.41. The summed E-state index contributed by atoms with van der Waals surface area (Å²) >= 11 is 0. The molecule has 0 bridgehead atoms. The van der Waals surface area contributed by atoms with E-state index >= 15 is 0 Å². The largest absolute Gasteiger partial charge is 0.436 e. The second-order valence-electron chi connectivity index (χ2n) is 20.5. The zero-order valence-electron chi connectivity index (χ0n) is 44.4. The van der Waals surface area contributed by atoms with Crippen molar-refractivity contribution in [2.75, 3.05) is 0 Å². The second kappa shape index (κ2) is 19.7. The van der Waals surface area contributed by atoms with Crippen LogP contribution in [0.3, 0.4) is 0 Å². The molecule has 0 aliphatic heterocycles. The van der Waals surface area contributed by atoms with Gasteiger partial charge in [-0.15, -0.1) is 0 Å². The van der Waals surface area contributed by atoms with E-state index in [4.69, 9.17) is 39.3 Å². The molecule has 0 unspecified atom stereocenters. The minimum absolute atomic E-state index is 0.581. The monoisotopic (exact) mass is 1060 g/mol. The average molecular weight is 1060 g/mol. The Morgan fingerprint density at radius 3 is 0.988 bits per heavy atom. The lowest BCUT2D eigenvalue weighted by molar-refractivity contribution is 0.620. The van der Waals surface area contributed by atoms with Crippen LogP contribution in [0.15, 0.2) is 277 Å². The zero-order chi connectivity index (χ0) is 54.8. The van der Waals surface area contributed by atoms with Crippen LogP contribution in [0.25, 0.3) is 157 Å². The molecule has 0 aliphatic carbocycles. The Kier molecular flexibility index (Phi) is 11.3. The summed E-state index contributed by atoms with van der Waals surface area (Å²) in [7, 11) is 0. The molecule has 5 aromatic heterocycles. The Morgan fingerprint density at radius 1 is 0.229 bits per heavy atom. The third-order valence-corrected chi connectivity index (χ3v) is 15.5. The molecular formula is C73H45N9O. The number of nitrogens with zero attached hydrogens (tertiary/aromatic N) is 9. The summed E-state index contributed by atoms with van der Waals surface area (Å²) in [6.45, 7) is 0. The van der Waals surface area contributed by atoms with Crippen molar-refractivity contribution in [2.45, 2.75) is 0 Å². The fourth-order valence-electron chi connectivity index (χ4n) is 11.4. The van der Waals surface area contributed by atoms with Crippen LogP contribution in [0.4, 0.5) is 0 Å². The normalized spacial score (nSPS) is 11.6. The lowest BCUT2D eigenvalue weighted by Crippen LogP contribution is -2.00. The molecule has 0 radical (unpaired) electrons. The van der Waals surface area contributed by atoms with Gasteiger partial charge in [0.15, 0.2) is 40.5 Å². The summed E-state index contributed by atoms with van der Waals surface area (Å²) in [6, 6.07) is 93.9. The average Bonchev–Trinajstić information content (AvgIpc) is 2.89. The summed E-state index contributed by atoms with van der Waals surface area (Å²) in [6.07, 6.45) is 0. The van der Waals surface area contributed by atoms with Gasteiger partial charge < -0.3 is 13.6 Å². The molecule has 16 aromatic rings. The molecule has 10 heteroatoms. The Labute approximate surface area is 476 Å². The highest BCUT2D eigenvalue weighted by Gasteiger charge is 2.21. The predicted octanol–water partition coefficient (Wildman–Crippen LogP) is 17.7. The molecule has 83 heavy (non-hydrogen) atoms. The standard InChI is InChI=1S/C73H45N9O/c1-6-18-46(19-7-1)67-75-68(47-20-8-2-9-21-47)78-71(77-67)50-30-36-55(37-31-50)81-62-29-17-16-28-57(62)58-42-53(34-40-63(58)81)54-35-41-64-59(43-54)60-44-66-61(74-73(83-66)52-26-14-5-15-27-52)45-65(60)82(64)56-38-32-51(33-39-56)72-79-69(48-22-10-3-11-23-48)76-70(80-72)49-24-12-4-13-25-49/h1-45H. The lowest BCUT2D eigenvalue weighted by atomic mass is 10.0. The molecule has 10 nitrogen and oxygen atoms in total. The quantitative estimate of drug-likeness (QED) is 0.133. The number of hydrogen-bond donors (Lipinski definition) is 0. The maximum atomic E-state index is 6.54. The molecule has 0 atom stereocenters. The van der Waals surface area contributed by atoms with Crippen molar-refractivity contribution in [1.82, 2.24) is 44.0 Å². The molecule has 16 rings (SSSR count). The molecule has 11 aromatic carbocycles. The Hall–Kier alpha value is -11.5. The van der Waals surface area contributed by atoms with Crippen molar-refractivity contribution in [3.05, 3.63) is 273 Å². The predicted molar refractivity (Wildman–Crippen MR) is 333 cm³/mol. The van der Waals surface area contributed by atoms with Gasteiger partial charge in [0.05, 0.1) is 22.1 Å². The number of hydrogen-bond acceptors (Lipinski definition) is 8. The maximum Gasteiger partial charge on any atom is 0.227 e. The number of fused-ring (bicyclic) bond motifs is 7. The SMILES string of the molecule is c1ccc(-c2nc(-c3ccccc3)nc(-c3ccc(-n4c5ccccc5c5cc(-c6ccc7c(c6)c6cc8oc(-c9ccccc9)nc8cc6n7-c6ccc(-c7nc(-c8ccccc8)nc(-c8ccccc8)n7)cc6)ccc54)cc3)n2)cc1. The number of para-hydroxylation sites is 1. The Morgan fingerprint density at radius 2 is 0.554 bits per heavy atom. The molecular weight excluding hydrogens is 1020 g/mol. The first kappa shape index (κ1) is 47.5. The van der Waals surface area contributed by atoms with Crippen LogP contribution in [-0.2, 0) is 0 Å². The van der Waals surface area contributed by atoms with Gasteiger partial charge in [0.1, 0.15) is 5.52 Å². The highest BCUT2D eigenvalue weighted by molar-refractivity contribution is 6.15. The van der Waals surface area contributed by atoms with Crippen LogP contribution in [0, 0.1) is 0 Å². The fraction of sp³-hybridized carbons (Fsp3) is 0. The third kappa shape index (κ3) is 8.48. The molecule has 0 saturated carbocycles. The van der Waals surface area contributed by atoms with E-state index in [0.29, 0.717) is 40.8 Å². The first-order valence-corrected chi connectivity index (χ1v) is 27.5. The first-order valence-electron chi connectivity index (χ1n) is 27.5. The van der Waals surface area contributed by atoms with Crippen molar-refractivity contribution in [1.29, 1.82) is 0 Å². The fourth-order valence-corrected chi connectivity index (χ4v) is 11.4. The van der Waals surface area contributed by atoms with E-state index < -0.39 is 0 Å². The molecule has 0 amide bonds. The third-order valence-electron chi connectivity index (χ3n) is 15.5. The van der Waals surface area contributed by atoms with Gasteiger partial charge >= 0.3 is 0 Å². The molecule has 0 spiro atoms. The van der Waals surface area contributed by atoms with Crippen molar-refractivity contribution in [2.24, 2.45) is 0 Å². The maximum absolute atomic E-state index is 6.54. The van der Waals surface area contributed by atoms with Crippen LogP contribution in [0.5, 0.6) is 0 Å². The van der Waals surface area contributed by atoms with Crippen molar-refractivity contribution in [3.8, 4) is 102 Å². The molecule has 0 N–H and O–H groups in total. The van der Waals surface area contributed by atoms with Crippen LogP contribution < -0.4 is 0 Å². The van der Waals surface area contributed by atoms with Crippen LogP contribution in [0.1, 0.15) is 0 Å². The molecule has 5 heterocycles. The molecule has 0 fully saturated rings. The van der Waals surface area contributed by atoms with Gasteiger partial charge in [-0.25, -0.2) is 34.9 Å². The van der Waals surface area contributed by atoms with E-state index in [9.17, 15) is 0 Å². The highest BCUT2D eigenvalue weighted by atomic mass is 16.3. The summed E-state index contributed by atoms with van der Waals surface area (Å²) in [5.41, 5.74) is 16.4. The van der Waals surface area contributed by atoms with Gasteiger partial charge in [0, 0.05) is 71.9 Å². The first-order chi connectivity index (χ1) is 41.1. The van der Waals surface area contributed by atoms with Gasteiger partial charge in [-0.05, 0) is 114 Å². The van der Waals surface area contributed by atoms with Gasteiger partial charge in [-0.1, -0.05) is 170 Å². The summed E-state index contributed by atoms with van der Waals surface area (Å²) in [5.74, 6) is 4.29. The van der Waals surface area contributed by atoms with Crippen molar-refractivity contribution in [3.63, 3.8) is 0 Å². The topological polar surface area (TPSA) is 113 Å². The van der Waals surface area contributed by atoms with Crippen molar-refractivity contribution >= 4 is 54.7 Å². The van der Waals surface area contributed by atoms with E-state index in [2.05, 4.69) is 130 Å². The van der Waals surface area contributed by atoms with Crippen molar-refractivity contribution < 1.29 is 4.42 Å². The van der Waals surface area contributed by atoms with E-state index in [1.165, 1.54) is 5.39 Å². The van der Waals surface area contributed by atoms with E-state index in [1.807, 2.05) is 152 Å². The summed E-state index contributed by atoms with van der Waals surface area (Å²) < 4.78 is 11.2. The van der Waals surface area contributed by atoms with Gasteiger partial charge in [0.25, 0.3) is 0 Å². The number of aromatic nitrogens is 9. The van der Waals surface area contributed by atoms with Crippen LogP contribution >= 0.6 is 0 Å². The van der Waals surface area contributed by atoms with Gasteiger partial charge in [-0.2, -0.15) is 0 Å². The minimum atomic E-state index is 0.581. The van der Waals surface area contributed by atoms with E-state index in [-0.39, 0.29) is 0 Å². The number of rotatable bonds is 10. The molecule has 0 aliphatic rings. The Balaban J connectivity index is 0.796. The zero-order valence-corrected chi connectivity index (χ0v) is 44.4. The number of benzene rings is 11. The summed E-state index contributed by atoms with van der Waals surface area (Å²) in [4.78, 5) is 34.9. The Bertz CT molecular complexity index is 4990. The molecule has 0 saturated heterocycles. The molecule has 388 valence electrons. The van der Waals surface area contributed by atoms with Gasteiger partial charge in [0.2, 0.25) is 5.89 Å². The van der Waals surface area contributed by atoms with Crippen LogP contribution in [0.2, 0.25) is 0 Å². The number of oxazole rings is 1. The van der Waals surface area contributed by atoms with E-state index in [0.717, 1.165) is 111 Å². The van der Waals surface area contributed by atoms with Crippen LogP contribution in [-0.4, -0.2) is 44.0 Å². The van der Waals surface area contributed by atoms with E-state index in [1.54, 1.807) is 0 Å². The minimum Gasteiger partial charge on any atom is -0.436 e. The second-order valence-corrected chi connectivity index (χ2v) is 20.5. The lowest BCUT2D eigenvalue weighted by Gasteiger charge is -2.11. The summed E-state index contributed by atoms with van der Waals surface area (Å²) in [5, 5.41) is 4.46. The van der Waals surface area contributed by atoms with Gasteiger partial charge in [-0.3, -0.25) is 0 Å².